The largest absolute Gasteiger partial charge is 0.395 e. The SMILES string of the molecule is O=C(CN1CCC[C@H]1CO)NCc1cccc(Cl)c1. The average molecular weight is 283 g/mol. The fraction of sp³-hybridized carbons (Fsp3) is 0.500. The van der Waals surface area contributed by atoms with Gasteiger partial charge in [0.25, 0.3) is 0 Å². The Labute approximate surface area is 118 Å². The van der Waals surface area contributed by atoms with E-state index >= 15 is 0 Å². The predicted molar refractivity (Wildman–Crippen MR) is 75.0 cm³/mol. The van der Waals surface area contributed by atoms with Crippen LogP contribution in [-0.4, -0.2) is 41.7 Å². The third-order valence-electron chi connectivity index (χ3n) is 3.44. The lowest BCUT2D eigenvalue weighted by molar-refractivity contribution is -0.122. The van der Waals surface area contributed by atoms with Gasteiger partial charge in [-0.3, -0.25) is 9.69 Å². The zero-order valence-electron chi connectivity index (χ0n) is 10.8. The maximum Gasteiger partial charge on any atom is 0.234 e. The molecule has 1 aliphatic rings. The summed E-state index contributed by atoms with van der Waals surface area (Å²) in [5.41, 5.74) is 0.987. The van der Waals surface area contributed by atoms with Crippen molar-refractivity contribution in [2.75, 3.05) is 19.7 Å². The van der Waals surface area contributed by atoms with Gasteiger partial charge in [0.05, 0.1) is 13.2 Å². The summed E-state index contributed by atoms with van der Waals surface area (Å²) in [6.45, 7) is 1.85. The molecule has 1 heterocycles. The molecule has 4 nitrogen and oxygen atoms in total. The number of nitrogens with one attached hydrogen (secondary N) is 1. The molecular formula is C14H19ClN2O2. The van der Waals surface area contributed by atoms with Gasteiger partial charge in [0, 0.05) is 17.6 Å². The molecule has 2 N–H and O–H groups in total. The number of hydrogen-bond acceptors (Lipinski definition) is 3. The molecule has 1 aromatic carbocycles. The van der Waals surface area contributed by atoms with Crippen LogP contribution in [0.5, 0.6) is 0 Å². The van der Waals surface area contributed by atoms with Crippen molar-refractivity contribution >= 4 is 17.5 Å². The van der Waals surface area contributed by atoms with Gasteiger partial charge >= 0.3 is 0 Å². The molecule has 0 aromatic heterocycles. The Balaban J connectivity index is 1.78. The summed E-state index contributed by atoms with van der Waals surface area (Å²) >= 11 is 5.89. The molecule has 1 aliphatic heterocycles. The Bertz CT molecular complexity index is 439. The molecule has 0 aliphatic carbocycles. The lowest BCUT2D eigenvalue weighted by atomic mass is 10.2. The molecule has 0 spiro atoms. The zero-order chi connectivity index (χ0) is 13.7. The molecule has 1 amide bonds. The van der Waals surface area contributed by atoms with Crippen molar-refractivity contribution in [3.05, 3.63) is 34.9 Å². The van der Waals surface area contributed by atoms with Crippen LogP contribution >= 0.6 is 11.6 Å². The molecule has 1 aromatic rings. The van der Waals surface area contributed by atoms with Crippen LogP contribution in [-0.2, 0) is 11.3 Å². The number of carbonyl (C=O) groups excluding carboxylic acids is 1. The number of likely N-dealkylation sites (tertiary alicyclic amines) is 1. The molecule has 2 rings (SSSR count). The molecule has 1 saturated heterocycles. The molecule has 1 fully saturated rings. The first-order valence-corrected chi connectivity index (χ1v) is 6.93. The van der Waals surface area contributed by atoms with Crippen LogP contribution in [0.4, 0.5) is 0 Å². The quantitative estimate of drug-likeness (QED) is 0.859. The third-order valence-corrected chi connectivity index (χ3v) is 3.67. The minimum absolute atomic E-state index is 0.0136. The molecule has 19 heavy (non-hydrogen) atoms. The average Bonchev–Trinajstić information content (AvgIpc) is 2.84. The number of nitrogens with zero attached hydrogens (tertiary/aromatic N) is 1. The highest BCUT2D eigenvalue weighted by Crippen LogP contribution is 2.15. The standard InChI is InChI=1S/C14H19ClN2O2/c15-12-4-1-3-11(7-12)8-16-14(19)9-17-6-2-5-13(17)10-18/h1,3-4,7,13,18H,2,5-6,8-10H2,(H,16,19)/t13-/m0/s1. The minimum atomic E-state index is -0.0136. The minimum Gasteiger partial charge on any atom is -0.395 e. The van der Waals surface area contributed by atoms with E-state index in [4.69, 9.17) is 11.6 Å². The first kappa shape index (κ1) is 14.3. The molecular weight excluding hydrogens is 264 g/mol. The second-order valence-electron chi connectivity index (χ2n) is 4.86. The Kier molecular flexibility index (Phi) is 5.19. The van der Waals surface area contributed by atoms with E-state index in [1.54, 1.807) is 0 Å². The van der Waals surface area contributed by atoms with Gasteiger partial charge < -0.3 is 10.4 Å². The number of aliphatic hydroxyl groups is 1. The first-order valence-electron chi connectivity index (χ1n) is 6.55. The molecule has 0 unspecified atom stereocenters. The van der Waals surface area contributed by atoms with Crippen LogP contribution < -0.4 is 5.32 Å². The monoisotopic (exact) mass is 282 g/mol. The van der Waals surface area contributed by atoms with Crippen molar-refractivity contribution in [3.63, 3.8) is 0 Å². The van der Waals surface area contributed by atoms with Gasteiger partial charge in [-0.1, -0.05) is 23.7 Å². The van der Waals surface area contributed by atoms with Gasteiger partial charge in [-0.05, 0) is 37.1 Å². The summed E-state index contributed by atoms with van der Waals surface area (Å²) in [6.07, 6.45) is 2.02. The van der Waals surface area contributed by atoms with Crippen molar-refractivity contribution in [1.82, 2.24) is 10.2 Å². The van der Waals surface area contributed by atoms with Crippen molar-refractivity contribution < 1.29 is 9.90 Å². The van der Waals surface area contributed by atoms with Crippen molar-refractivity contribution in [2.24, 2.45) is 0 Å². The summed E-state index contributed by atoms with van der Waals surface area (Å²) < 4.78 is 0. The molecule has 0 radical (unpaired) electrons. The normalized spacial score (nSPS) is 19.6. The second-order valence-corrected chi connectivity index (χ2v) is 5.29. The lowest BCUT2D eigenvalue weighted by Crippen LogP contribution is -2.40. The lowest BCUT2D eigenvalue weighted by Gasteiger charge is -2.21. The van der Waals surface area contributed by atoms with Crippen molar-refractivity contribution in [2.45, 2.75) is 25.4 Å². The van der Waals surface area contributed by atoms with Crippen LogP contribution in [0.2, 0.25) is 5.02 Å². The molecule has 0 bridgehead atoms. The maximum atomic E-state index is 11.9. The highest BCUT2D eigenvalue weighted by Gasteiger charge is 2.25. The van der Waals surface area contributed by atoms with E-state index in [0.717, 1.165) is 24.9 Å². The highest BCUT2D eigenvalue weighted by molar-refractivity contribution is 6.30. The predicted octanol–water partition coefficient (Wildman–Crippen LogP) is 1.41. The van der Waals surface area contributed by atoms with E-state index in [2.05, 4.69) is 5.32 Å². The van der Waals surface area contributed by atoms with Crippen molar-refractivity contribution in [1.29, 1.82) is 0 Å². The zero-order valence-corrected chi connectivity index (χ0v) is 11.6. The second kappa shape index (κ2) is 6.89. The summed E-state index contributed by atoms with van der Waals surface area (Å²) in [5.74, 6) is -0.0136. The van der Waals surface area contributed by atoms with Crippen LogP contribution in [0.15, 0.2) is 24.3 Å². The van der Waals surface area contributed by atoms with E-state index in [0.29, 0.717) is 18.1 Å². The Morgan fingerprint density at radius 3 is 3.11 bits per heavy atom. The smallest absolute Gasteiger partial charge is 0.234 e. The van der Waals surface area contributed by atoms with Crippen molar-refractivity contribution in [3.8, 4) is 0 Å². The maximum absolute atomic E-state index is 11.9. The van der Waals surface area contributed by atoms with Gasteiger partial charge in [0.1, 0.15) is 0 Å². The van der Waals surface area contributed by atoms with Gasteiger partial charge in [-0.2, -0.15) is 0 Å². The fourth-order valence-electron chi connectivity index (χ4n) is 2.40. The number of carbonyl (C=O) groups is 1. The molecule has 0 saturated carbocycles. The van der Waals surface area contributed by atoms with E-state index in [9.17, 15) is 9.90 Å². The van der Waals surface area contributed by atoms with E-state index in [1.165, 1.54) is 0 Å². The summed E-state index contributed by atoms with van der Waals surface area (Å²) in [4.78, 5) is 13.9. The van der Waals surface area contributed by atoms with Gasteiger partial charge in [-0.25, -0.2) is 0 Å². The third kappa shape index (κ3) is 4.20. The van der Waals surface area contributed by atoms with Crippen LogP contribution in [0.3, 0.4) is 0 Å². The first-order chi connectivity index (χ1) is 9.19. The summed E-state index contributed by atoms with van der Waals surface area (Å²) in [7, 11) is 0. The number of aliphatic hydroxyl groups excluding tert-OH is 1. The van der Waals surface area contributed by atoms with E-state index in [-0.39, 0.29) is 18.6 Å². The number of amides is 1. The van der Waals surface area contributed by atoms with Gasteiger partial charge in [-0.15, -0.1) is 0 Å². The highest BCUT2D eigenvalue weighted by atomic mass is 35.5. The Morgan fingerprint density at radius 2 is 2.37 bits per heavy atom. The van der Waals surface area contributed by atoms with Gasteiger partial charge in [0.15, 0.2) is 0 Å². The summed E-state index contributed by atoms with van der Waals surface area (Å²) in [6, 6.07) is 7.58. The van der Waals surface area contributed by atoms with Gasteiger partial charge in [0.2, 0.25) is 5.91 Å². The topological polar surface area (TPSA) is 52.6 Å². The summed E-state index contributed by atoms with van der Waals surface area (Å²) in [5, 5.41) is 12.7. The van der Waals surface area contributed by atoms with E-state index < -0.39 is 0 Å². The Morgan fingerprint density at radius 1 is 1.53 bits per heavy atom. The molecule has 5 heteroatoms. The van der Waals surface area contributed by atoms with E-state index in [1.807, 2.05) is 29.2 Å². The number of halogens is 1. The number of benzene rings is 1. The van der Waals surface area contributed by atoms with Crippen LogP contribution in [0, 0.1) is 0 Å². The van der Waals surface area contributed by atoms with Crippen LogP contribution in [0.25, 0.3) is 0 Å². The number of rotatable bonds is 5. The number of hydrogen-bond donors (Lipinski definition) is 2. The molecule has 1 atom stereocenters. The molecule has 104 valence electrons. The van der Waals surface area contributed by atoms with Crippen LogP contribution in [0.1, 0.15) is 18.4 Å². The Hall–Kier alpha value is -1.10. The fourth-order valence-corrected chi connectivity index (χ4v) is 2.61.